The number of fused-ring (bicyclic) bond motifs is 3. The molecule has 1 heterocycles. The van der Waals surface area contributed by atoms with Gasteiger partial charge < -0.3 is 4.98 Å². The molecule has 0 atom stereocenters. The molecule has 0 aliphatic carbocycles. The number of aryl methyl sites for hydroxylation is 1. The van der Waals surface area contributed by atoms with Crippen LogP contribution in [0.15, 0.2) is 71.5 Å². The minimum Gasteiger partial charge on any atom is -0.321 e. The van der Waals surface area contributed by atoms with Gasteiger partial charge in [0, 0.05) is 10.9 Å². The molecule has 1 N–H and O–H groups in total. The summed E-state index contributed by atoms with van der Waals surface area (Å²) >= 11 is 0. The molecular formula is C20H15NO. The van der Waals surface area contributed by atoms with Crippen molar-refractivity contribution in [2.45, 2.75) is 6.92 Å². The Morgan fingerprint density at radius 1 is 0.773 bits per heavy atom. The molecule has 0 spiro atoms. The second-order valence-corrected chi connectivity index (χ2v) is 5.53. The monoisotopic (exact) mass is 285 g/mol. The molecule has 1 aromatic heterocycles. The van der Waals surface area contributed by atoms with E-state index in [0.29, 0.717) is 0 Å². The van der Waals surface area contributed by atoms with Crippen LogP contribution in [0.25, 0.3) is 32.8 Å². The molecule has 4 rings (SSSR count). The summed E-state index contributed by atoms with van der Waals surface area (Å²) in [7, 11) is 0. The number of nitrogens with one attached hydrogen (secondary N) is 1. The highest BCUT2D eigenvalue weighted by atomic mass is 16.1. The second-order valence-electron chi connectivity index (χ2n) is 5.53. The van der Waals surface area contributed by atoms with Gasteiger partial charge in [-0.2, -0.15) is 0 Å². The molecular weight excluding hydrogens is 270 g/mol. The van der Waals surface area contributed by atoms with Crippen LogP contribution >= 0.6 is 0 Å². The summed E-state index contributed by atoms with van der Waals surface area (Å²) in [6.07, 6.45) is 0. The fraction of sp³-hybridized carbons (Fsp3) is 0.0500. The van der Waals surface area contributed by atoms with E-state index >= 15 is 0 Å². The van der Waals surface area contributed by atoms with Gasteiger partial charge in [0.15, 0.2) is 0 Å². The lowest BCUT2D eigenvalue weighted by molar-refractivity contribution is 1.22. The number of aromatic amines is 1. The number of hydrogen-bond acceptors (Lipinski definition) is 1. The molecule has 0 aliphatic heterocycles. The van der Waals surface area contributed by atoms with Gasteiger partial charge in [0.25, 0.3) is 5.56 Å². The van der Waals surface area contributed by atoms with Gasteiger partial charge in [-0.05, 0) is 28.6 Å². The number of pyridine rings is 1. The first kappa shape index (κ1) is 12.8. The van der Waals surface area contributed by atoms with Crippen LogP contribution in [-0.2, 0) is 0 Å². The Labute approximate surface area is 128 Å². The number of H-pyrrole nitrogens is 1. The van der Waals surface area contributed by atoms with Crippen molar-refractivity contribution >= 4 is 21.5 Å². The van der Waals surface area contributed by atoms with Crippen molar-refractivity contribution in [1.82, 2.24) is 4.98 Å². The van der Waals surface area contributed by atoms with Gasteiger partial charge in [-0.25, -0.2) is 0 Å². The quantitative estimate of drug-likeness (QED) is 0.507. The summed E-state index contributed by atoms with van der Waals surface area (Å²) in [5, 5.41) is 4.47. The summed E-state index contributed by atoms with van der Waals surface area (Å²) in [5.74, 6) is 0. The Morgan fingerprint density at radius 3 is 2.32 bits per heavy atom. The van der Waals surface area contributed by atoms with Crippen LogP contribution in [0.4, 0.5) is 0 Å². The summed E-state index contributed by atoms with van der Waals surface area (Å²) in [4.78, 5) is 15.4. The molecule has 4 aromatic rings. The smallest absolute Gasteiger partial charge is 0.251 e. The second kappa shape index (κ2) is 4.85. The van der Waals surface area contributed by atoms with Crippen LogP contribution < -0.4 is 5.56 Å². The third-order valence-electron chi connectivity index (χ3n) is 4.22. The molecule has 106 valence electrons. The van der Waals surface area contributed by atoms with Crippen LogP contribution in [0, 0.1) is 6.92 Å². The van der Waals surface area contributed by atoms with Crippen molar-refractivity contribution < 1.29 is 0 Å². The predicted octanol–water partition coefficient (Wildman–Crippen LogP) is 4.66. The zero-order chi connectivity index (χ0) is 15.1. The van der Waals surface area contributed by atoms with Crippen molar-refractivity contribution in [3.63, 3.8) is 0 Å². The summed E-state index contributed by atoms with van der Waals surface area (Å²) in [6, 6.07) is 22.4. The van der Waals surface area contributed by atoms with E-state index in [4.69, 9.17) is 0 Å². The molecule has 0 saturated carbocycles. The van der Waals surface area contributed by atoms with Crippen LogP contribution in [0.3, 0.4) is 0 Å². The molecule has 0 fully saturated rings. The summed E-state index contributed by atoms with van der Waals surface area (Å²) in [5.41, 5.74) is 2.66. The van der Waals surface area contributed by atoms with Crippen LogP contribution in [0.1, 0.15) is 5.56 Å². The van der Waals surface area contributed by atoms with E-state index in [1.54, 1.807) is 0 Å². The van der Waals surface area contributed by atoms with Crippen molar-refractivity contribution in [2.75, 3.05) is 0 Å². The maximum atomic E-state index is 12.3. The van der Waals surface area contributed by atoms with E-state index in [9.17, 15) is 4.79 Å². The van der Waals surface area contributed by atoms with Gasteiger partial charge in [-0.3, -0.25) is 4.79 Å². The molecule has 0 saturated heterocycles. The minimum atomic E-state index is -0.0263. The maximum absolute atomic E-state index is 12.3. The van der Waals surface area contributed by atoms with E-state index in [-0.39, 0.29) is 5.56 Å². The van der Waals surface area contributed by atoms with E-state index in [1.165, 1.54) is 10.8 Å². The SMILES string of the molecule is Cc1c(=O)[nH]c(-c2ccccc2)c2c1ccc1ccccc12. The van der Waals surface area contributed by atoms with Crippen molar-refractivity contribution in [2.24, 2.45) is 0 Å². The van der Waals surface area contributed by atoms with Gasteiger partial charge in [-0.15, -0.1) is 0 Å². The molecule has 0 radical (unpaired) electrons. The standard InChI is InChI=1S/C20H15NO/c1-13-16-12-11-14-7-5-6-10-17(14)18(16)19(21-20(13)22)15-8-3-2-4-9-15/h2-12H,1H3,(H,21,22). The molecule has 2 heteroatoms. The number of hydrogen-bond donors (Lipinski definition) is 1. The van der Waals surface area contributed by atoms with Gasteiger partial charge in [0.05, 0.1) is 5.69 Å². The Hall–Kier alpha value is -2.87. The normalized spacial score (nSPS) is 11.1. The minimum absolute atomic E-state index is 0.0263. The Bertz CT molecular complexity index is 1050. The number of rotatable bonds is 1. The molecule has 2 nitrogen and oxygen atoms in total. The molecule has 3 aromatic carbocycles. The van der Waals surface area contributed by atoms with E-state index < -0.39 is 0 Å². The first-order valence-corrected chi connectivity index (χ1v) is 7.35. The Morgan fingerprint density at radius 2 is 1.50 bits per heavy atom. The highest BCUT2D eigenvalue weighted by Crippen LogP contribution is 2.33. The van der Waals surface area contributed by atoms with Gasteiger partial charge in [-0.1, -0.05) is 66.7 Å². The fourth-order valence-corrected chi connectivity index (χ4v) is 3.07. The predicted molar refractivity (Wildman–Crippen MR) is 92.2 cm³/mol. The lowest BCUT2D eigenvalue weighted by atomic mass is 9.96. The fourth-order valence-electron chi connectivity index (χ4n) is 3.07. The lowest BCUT2D eigenvalue weighted by Gasteiger charge is -2.12. The number of aromatic nitrogens is 1. The van der Waals surface area contributed by atoms with Crippen LogP contribution in [0.5, 0.6) is 0 Å². The topological polar surface area (TPSA) is 32.9 Å². The third-order valence-corrected chi connectivity index (χ3v) is 4.22. The maximum Gasteiger partial charge on any atom is 0.251 e. The van der Waals surface area contributed by atoms with E-state index in [2.05, 4.69) is 29.2 Å². The van der Waals surface area contributed by atoms with Crippen LogP contribution in [0.2, 0.25) is 0 Å². The van der Waals surface area contributed by atoms with Crippen molar-refractivity contribution in [3.8, 4) is 11.3 Å². The van der Waals surface area contributed by atoms with E-state index in [0.717, 1.165) is 27.6 Å². The van der Waals surface area contributed by atoms with Crippen LogP contribution in [-0.4, -0.2) is 4.98 Å². The van der Waals surface area contributed by atoms with Gasteiger partial charge >= 0.3 is 0 Å². The zero-order valence-electron chi connectivity index (χ0n) is 12.3. The van der Waals surface area contributed by atoms with Gasteiger partial charge in [0.1, 0.15) is 0 Å². The third kappa shape index (κ3) is 1.85. The average Bonchev–Trinajstić information content (AvgIpc) is 2.58. The summed E-state index contributed by atoms with van der Waals surface area (Å²) in [6.45, 7) is 1.88. The molecule has 0 bridgehead atoms. The van der Waals surface area contributed by atoms with Gasteiger partial charge in [0.2, 0.25) is 0 Å². The van der Waals surface area contributed by atoms with Crippen molar-refractivity contribution in [1.29, 1.82) is 0 Å². The first-order chi connectivity index (χ1) is 10.8. The van der Waals surface area contributed by atoms with E-state index in [1.807, 2.05) is 49.4 Å². The molecule has 22 heavy (non-hydrogen) atoms. The highest BCUT2D eigenvalue weighted by molar-refractivity contribution is 6.14. The molecule has 0 unspecified atom stereocenters. The Balaban J connectivity index is 2.27. The van der Waals surface area contributed by atoms with Crippen molar-refractivity contribution in [3.05, 3.63) is 82.6 Å². The average molecular weight is 285 g/mol. The number of benzene rings is 3. The highest BCUT2D eigenvalue weighted by Gasteiger charge is 2.12. The summed E-state index contributed by atoms with van der Waals surface area (Å²) < 4.78 is 0. The molecule has 0 amide bonds. The molecule has 0 aliphatic rings. The first-order valence-electron chi connectivity index (χ1n) is 7.35. The Kier molecular flexibility index (Phi) is 2.83. The lowest BCUT2D eigenvalue weighted by Crippen LogP contribution is -2.11. The zero-order valence-corrected chi connectivity index (χ0v) is 12.3. The largest absolute Gasteiger partial charge is 0.321 e.